The molecule has 2 amide bonds. The highest BCUT2D eigenvalue weighted by Crippen LogP contribution is 2.44. The number of thioether (sulfide) groups is 2. The molecule has 16 heteroatoms. The van der Waals surface area contributed by atoms with E-state index in [2.05, 4.69) is 25.8 Å². The number of H-pyrrole nitrogens is 1. The van der Waals surface area contributed by atoms with Gasteiger partial charge in [-0.05, 0) is 10.4 Å². The van der Waals surface area contributed by atoms with Gasteiger partial charge in [-0.1, -0.05) is 23.1 Å². The summed E-state index contributed by atoms with van der Waals surface area (Å²) in [6.07, 6.45) is 0. The summed E-state index contributed by atoms with van der Waals surface area (Å²) in [7, 11) is 1.64. The smallest absolute Gasteiger partial charge is 0.313 e. The fourth-order valence-electron chi connectivity index (χ4n) is 3.17. The number of hydrogen-bond donors (Lipinski definition) is 3. The van der Waals surface area contributed by atoms with E-state index in [4.69, 9.17) is 0 Å². The summed E-state index contributed by atoms with van der Waals surface area (Å²) in [6.45, 7) is -0.0325. The van der Waals surface area contributed by atoms with Crippen molar-refractivity contribution in [1.82, 2.24) is 35.4 Å². The van der Waals surface area contributed by atoms with Gasteiger partial charge in [-0.15, -0.1) is 16.9 Å². The van der Waals surface area contributed by atoms with Gasteiger partial charge in [-0.2, -0.15) is 0 Å². The number of aromatic amines is 1. The van der Waals surface area contributed by atoms with Crippen LogP contribution in [0.5, 0.6) is 0 Å². The monoisotopic (exact) mass is 485 g/mol. The van der Waals surface area contributed by atoms with Gasteiger partial charge in [0.25, 0.3) is 11.7 Å². The van der Waals surface area contributed by atoms with E-state index >= 15 is 0 Å². The Balaban J connectivity index is 1.40. The van der Waals surface area contributed by atoms with Crippen LogP contribution in [0.3, 0.4) is 0 Å². The Bertz CT molecular complexity index is 1130. The van der Waals surface area contributed by atoms with Crippen LogP contribution in [-0.2, 0) is 21.4 Å². The van der Waals surface area contributed by atoms with Crippen LogP contribution in [0, 0.1) is 5.41 Å². The lowest BCUT2D eigenvalue weighted by molar-refractivity contribution is -0.157. The second-order valence-corrected chi connectivity index (χ2v) is 9.86. The average Bonchev–Trinajstić information content (AvgIpc) is 3.37. The lowest BCUT2D eigenvalue weighted by Gasteiger charge is -2.53. The summed E-state index contributed by atoms with van der Waals surface area (Å²) in [5, 5.41) is 24.5. The molecule has 0 bridgehead atoms. The maximum Gasteiger partial charge on any atom is 0.313 e. The summed E-state index contributed by atoms with van der Waals surface area (Å²) in [5.41, 5.74) is -1.36. The zero-order valence-corrected chi connectivity index (χ0v) is 18.3. The van der Waals surface area contributed by atoms with Crippen LogP contribution >= 0.6 is 34.9 Å². The number of nitrogens with one attached hydrogen (secondary N) is 2. The molecule has 2 fully saturated rings. The summed E-state index contributed by atoms with van der Waals surface area (Å²) in [6, 6.07) is -0.936. The molecule has 2 aliphatic rings. The molecule has 164 valence electrons. The predicted octanol–water partition coefficient (Wildman–Crippen LogP) is -1.59. The minimum Gasteiger partial charge on any atom is -0.481 e. The zero-order chi connectivity index (χ0) is 22.3. The molecule has 0 radical (unpaired) electrons. The van der Waals surface area contributed by atoms with E-state index in [1.54, 1.807) is 7.05 Å². The Morgan fingerprint density at radius 3 is 2.81 bits per heavy atom. The minimum absolute atomic E-state index is 0.0325. The topological polar surface area (TPSA) is 180 Å². The Hall–Kier alpha value is -2.72. The molecule has 31 heavy (non-hydrogen) atoms. The number of β-lactam (4-membered cyclic amide) rings is 1. The second kappa shape index (κ2) is 8.08. The quantitative estimate of drug-likeness (QED) is 0.178. The van der Waals surface area contributed by atoms with Gasteiger partial charge >= 0.3 is 10.8 Å². The van der Waals surface area contributed by atoms with E-state index in [0.29, 0.717) is 5.16 Å². The SMILES string of the molecule is Cn1nnnc1SCC1(C(=O)O)CS[C@@H]2C(NC(=O)C(=O)c3csc(=O)[nH]3)C(=O)N2C1. The number of carboxylic acids is 1. The fourth-order valence-corrected chi connectivity index (χ4v) is 6.44. The van der Waals surface area contributed by atoms with E-state index in [0.717, 1.165) is 11.3 Å². The molecule has 4 heterocycles. The number of tetrazole rings is 1. The van der Waals surface area contributed by atoms with Crippen molar-refractivity contribution in [2.45, 2.75) is 16.6 Å². The molecule has 2 aromatic rings. The molecule has 2 aromatic heterocycles. The number of nitrogens with zero attached hydrogens (tertiary/aromatic N) is 5. The van der Waals surface area contributed by atoms with Crippen LogP contribution in [0.1, 0.15) is 10.5 Å². The van der Waals surface area contributed by atoms with Gasteiger partial charge in [0.1, 0.15) is 22.5 Å². The van der Waals surface area contributed by atoms with Gasteiger partial charge in [0.2, 0.25) is 11.1 Å². The Kier molecular flexibility index (Phi) is 5.61. The highest BCUT2D eigenvalue weighted by atomic mass is 32.2. The Labute approximate surface area is 185 Å². The van der Waals surface area contributed by atoms with Crippen molar-refractivity contribution >= 4 is 58.4 Å². The first kappa shape index (κ1) is 21.5. The first-order valence-electron chi connectivity index (χ1n) is 8.75. The number of carbonyl (C=O) groups is 4. The number of amides is 2. The van der Waals surface area contributed by atoms with Crippen LogP contribution in [0.2, 0.25) is 0 Å². The molecular formula is C15H15N7O6S3. The third-order valence-corrected chi connectivity index (χ3v) is 8.47. The van der Waals surface area contributed by atoms with Gasteiger partial charge in [0.05, 0.1) is 0 Å². The highest BCUT2D eigenvalue weighted by molar-refractivity contribution is 8.00. The molecule has 0 aliphatic carbocycles. The fraction of sp³-hybridized carbons (Fsp3) is 0.467. The maximum absolute atomic E-state index is 12.6. The van der Waals surface area contributed by atoms with E-state index in [1.165, 1.54) is 38.5 Å². The number of Topliss-reactive ketones (excluding diaryl/α,β-unsaturated/α-hetero) is 1. The van der Waals surface area contributed by atoms with E-state index in [1.807, 2.05) is 0 Å². The van der Waals surface area contributed by atoms with Gasteiger partial charge in [-0.25, -0.2) is 4.68 Å². The molecule has 2 unspecified atom stereocenters. The third kappa shape index (κ3) is 3.85. The molecule has 2 aliphatic heterocycles. The average molecular weight is 486 g/mol. The van der Waals surface area contributed by atoms with E-state index in [-0.39, 0.29) is 23.7 Å². The lowest BCUT2D eigenvalue weighted by atomic mass is 9.89. The normalized spacial score (nSPS) is 24.9. The Morgan fingerprint density at radius 1 is 1.42 bits per heavy atom. The number of fused-ring (bicyclic) bond motifs is 1. The zero-order valence-electron chi connectivity index (χ0n) is 15.8. The second-order valence-electron chi connectivity index (χ2n) is 6.97. The van der Waals surface area contributed by atoms with Crippen LogP contribution in [-0.4, -0.2) is 88.2 Å². The van der Waals surface area contributed by atoms with Crippen molar-refractivity contribution in [3.05, 3.63) is 20.7 Å². The molecule has 3 atom stereocenters. The van der Waals surface area contributed by atoms with Gasteiger partial charge in [-0.3, -0.25) is 24.0 Å². The number of aliphatic carboxylic acids is 1. The van der Waals surface area contributed by atoms with Gasteiger partial charge in [0.15, 0.2) is 0 Å². The molecule has 13 nitrogen and oxygen atoms in total. The molecular weight excluding hydrogens is 470 g/mol. The Morgan fingerprint density at radius 2 is 2.19 bits per heavy atom. The number of rotatable bonds is 7. The van der Waals surface area contributed by atoms with Crippen molar-refractivity contribution in [1.29, 1.82) is 0 Å². The van der Waals surface area contributed by atoms with E-state index in [9.17, 15) is 29.1 Å². The highest BCUT2D eigenvalue weighted by Gasteiger charge is 2.57. The largest absolute Gasteiger partial charge is 0.481 e. The number of aryl methyl sites for hydroxylation is 1. The number of hydrogen-bond acceptors (Lipinski definition) is 11. The molecule has 3 N–H and O–H groups in total. The first-order chi connectivity index (χ1) is 14.7. The summed E-state index contributed by atoms with van der Waals surface area (Å²) < 4.78 is 1.43. The number of carbonyl (C=O) groups excluding carboxylic acids is 3. The van der Waals surface area contributed by atoms with Crippen molar-refractivity contribution < 1.29 is 24.3 Å². The minimum atomic E-state index is -1.21. The molecule has 4 rings (SSSR count). The van der Waals surface area contributed by atoms with Gasteiger partial charge in [0, 0.05) is 30.5 Å². The number of thiazole rings is 1. The standard InChI is InChI=1S/C15H15N7O6S3/c1-21-13(18-19-20-21)31-5-15(12(26)27)3-22-10(25)7(11(22)30-4-15)17-9(24)8(23)6-2-29-14(28)16-6/h2,7,11H,3-5H2,1H3,(H,16,28)(H,17,24)(H,26,27)/t7?,11-,15?/m1/s1. The predicted molar refractivity (Wildman–Crippen MR) is 109 cm³/mol. The van der Waals surface area contributed by atoms with Crippen LogP contribution < -0.4 is 10.2 Å². The van der Waals surface area contributed by atoms with Crippen LogP contribution in [0.15, 0.2) is 15.3 Å². The summed E-state index contributed by atoms with van der Waals surface area (Å²) in [5.74, 6) is -3.10. The van der Waals surface area contributed by atoms with Gasteiger partial charge < -0.3 is 20.3 Å². The number of aromatic nitrogens is 5. The lowest BCUT2D eigenvalue weighted by Crippen LogP contribution is -2.74. The summed E-state index contributed by atoms with van der Waals surface area (Å²) >= 11 is 3.16. The van der Waals surface area contributed by atoms with Crippen LogP contribution in [0.25, 0.3) is 0 Å². The molecule has 2 saturated heterocycles. The molecule has 0 aromatic carbocycles. The van der Waals surface area contributed by atoms with Crippen molar-refractivity contribution in [3.8, 4) is 0 Å². The van der Waals surface area contributed by atoms with E-state index < -0.39 is 45.3 Å². The number of ketones is 1. The summed E-state index contributed by atoms with van der Waals surface area (Å²) in [4.78, 5) is 63.3. The number of carboxylic acid groups (broad SMARTS) is 1. The van der Waals surface area contributed by atoms with Crippen molar-refractivity contribution in [2.75, 3.05) is 18.1 Å². The molecule has 0 spiro atoms. The van der Waals surface area contributed by atoms with Crippen molar-refractivity contribution in [2.24, 2.45) is 12.5 Å². The third-order valence-electron chi connectivity index (χ3n) is 4.92. The first-order valence-corrected chi connectivity index (χ1v) is 11.7. The molecule has 0 saturated carbocycles. The van der Waals surface area contributed by atoms with Crippen molar-refractivity contribution in [3.63, 3.8) is 0 Å². The maximum atomic E-state index is 12.6. The van der Waals surface area contributed by atoms with Crippen LogP contribution in [0.4, 0.5) is 0 Å².